The number of nitrogens with one attached hydrogen (secondary N) is 2. The van der Waals surface area contributed by atoms with Gasteiger partial charge in [-0.15, -0.1) is 0 Å². The van der Waals surface area contributed by atoms with Gasteiger partial charge in [-0.25, -0.2) is 21.9 Å². The molecular formula is C7H16F2N2O2S. The predicted octanol–water partition coefficient (Wildman–Crippen LogP) is 0.169. The maximum Gasteiger partial charge on any atom is 0.251 e. The van der Waals surface area contributed by atoms with Gasteiger partial charge in [0.05, 0.1) is 11.8 Å². The Morgan fingerprint density at radius 3 is 2.29 bits per heavy atom. The zero-order chi connectivity index (χ0) is 11.2. The van der Waals surface area contributed by atoms with Crippen molar-refractivity contribution in [3.8, 4) is 0 Å². The van der Waals surface area contributed by atoms with Crippen molar-refractivity contribution in [1.29, 1.82) is 0 Å². The highest BCUT2D eigenvalue weighted by molar-refractivity contribution is 7.90. The Balaban J connectivity index is 4.04. The molecule has 1 atom stereocenters. The van der Waals surface area contributed by atoms with Crippen molar-refractivity contribution in [2.45, 2.75) is 25.5 Å². The van der Waals surface area contributed by atoms with Crippen LogP contribution in [0.4, 0.5) is 8.78 Å². The summed E-state index contributed by atoms with van der Waals surface area (Å²) < 4.78 is 47.8. The predicted molar refractivity (Wildman–Crippen MR) is 50.9 cm³/mol. The van der Waals surface area contributed by atoms with Crippen LogP contribution in [0.25, 0.3) is 0 Å². The molecule has 0 saturated carbocycles. The van der Waals surface area contributed by atoms with Gasteiger partial charge in [0.15, 0.2) is 0 Å². The van der Waals surface area contributed by atoms with E-state index in [4.69, 9.17) is 0 Å². The summed E-state index contributed by atoms with van der Waals surface area (Å²) >= 11 is 0. The molecule has 0 aliphatic carbocycles. The van der Waals surface area contributed by atoms with E-state index in [1.807, 2.05) is 11.6 Å². The number of halogens is 2. The van der Waals surface area contributed by atoms with Gasteiger partial charge in [0.2, 0.25) is 10.0 Å². The smallest absolute Gasteiger partial charge is 0.251 e. The average Bonchev–Trinajstić information content (AvgIpc) is 2.11. The largest absolute Gasteiger partial charge is 0.316 e. The highest BCUT2D eigenvalue weighted by atomic mass is 32.2. The van der Waals surface area contributed by atoms with E-state index in [2.05, 4.69) is 5.32 Å². The van der Waals surface area contributed by atoms with Gasteiger partial charge in [-0.2, -0.15) is 0 Å². The molecule has 0 radical (unpaired) electrons. The summed E-state index contributed by atoms with van der Waals surface area (Å²) in [5.74, 6) is 0. The van der Waals surface area contributed by atoms with Gasteiger partial charge in [-0.05, 0) is 13.5 Å². The Labute approximate surface area is 83.1 Å². The van der Waals surface area contributed by atoms with Crippen molar-refractivity contribution in [2.75, 3.05) is 19.6 Å². The van der Waals surface area contributed by atoms with Crippen LogP contribution in [-0.4, -0.2) is 39.7 Å². The summed E-state index contributed by atoms with van der Waals surface area (Å²) in [5, 5.41) is 2.13. The lowest BCUT2D eigenvalue weighted by Crippen LogP contribution is -2.40. The highest BCUT2D eigenvalue weighted by Crippen LogP contribution is 1.98. The van der Waals surface area contributed by atoms with Gasteiger partial charge in [0, 0.05) is 6.54 Å². The van der Waals surface area contributed by atoms with Crippen LogP contribution < -0.4 is 10.0 Å². The first-order valence-corrected chi connectivity index (χ1v) is 5.92. The lowest BCUT2D eigenvalue weighted by molar-refractivity contribution is 0.153. The molecule has 0 saturated heterocycles. The van der Waals surface area contributed by atoms with Crippen molar-refractivity contribution in [3.05, 3.63) is 0 Å². The third kappa shape index (κ3) is 5.46. The molecule has 86 valence electrons. The number of alkyl halides is 2. The van der Waals surface area contributed by atoms with Gasteiger partial charge in [0.1, 0.15) is 0 Å². The van der Waals surface area contributed by atoms with Crippen molar-refractivity contribution in [1.82, 2.24) is 10.0 Å². The summed E-state index contributed by atoms with van der Waals surface area (Å²) in [4.78, 5) is 0. The topological polar surface area (TPSA) is 58.2 Å². The van der Waals surface area contributed by atoms with Crippen molar-refractivity contribution < 1.29 is 17.2 Å². The fourth-order valence-corrected chi connectivity index (χ4v) is 1.76. The molecule has 4 nitrogen and oxygen atoms in total. The van der Waals surface area contributed by atoms with Crippen LogP contribution in [0.2, 0.25) is 0 Å². The minimum atomic E-state index is -3.62. The molecule has 0 aromatic carbocycles. The number of rotatable bonds is 7. The molecular weight excluding hydrogens is 214 g/mol. The average molecular weight is 230 g/mol. The summed E-state index contributed by atoms with van der Waals surface area (Å²) in [5.41, 5.74) is 0. The highest BCUT2D eigenvalue weighted by Gasteiger charge is 2.20. The second kappa shape index (κ2) is 6.26. The lowest BCUT2D eigenvalue weighted by Gasteiger charge is -2.13. The van der Waals surface area contributed by atoms with Crippen molar-refractivity contribution >= 4 is 10.0 Å². The summed E-state index contributed by atoms with van der Waals surface area (Å²) in [6, 6.07) is 0. The number of hydrogen-bond acceptors (Lipinski definition) is 3. The Morgan fingerprint density at radius 1 is 1.29 bits per heavy atom. The Morgan fingerprint density at radius 2 is 1.86 bits per heavy atom. The van der Waals surface area contributed by atoms with E-state index < -0.39 is 28.2 Å². The molecule has 0 amide bonds. The van der Waals surface area contributed by atoms with E-state index in [0.29, 0.717) is 6.54 Å². The van der Waals surface area contributed by atoms with E-state index in [9.17, 15) is 17.2 Å². The molecule has 0 aliphatic rings. The van der Waals surface area contributed by atoms with Gasteiger partial charge in [-0.1, -0.05) is 6.92 Å². The molecule has 0 spiro atoms. The zero-order valence-electron chi connectivity index (χ0n) is 8.26. The van der Waals surface area contributed by atoms with Crippen LogP contribution in [0, 0.1) is 0 Å². The number of sulfonamides is 1. The first-order chi connectivity index (χ1) is 6.40. The van der Waals surface area contributed by atoms with Crippen LogP contribution in [0.1, 0.15) is 13.8 Å². The maximum atomic E-state index is 11.7. The normalized spacial score (nSPS) is 14.6. The van der Waals surface area contributed by atoms with Crippen LogP contribution >= 0.6 is 0 Å². The fourth-order valence-electron chi connectivity index (χ4n) is 0.779. The maximum absolute atomic E-state index is 11.7. The van der Waals surface area contributed by atoms with E-state index in [1.165, 1.54) is 6.92 Å². The first-order valence-electron chi connectivity index (χ1n) is 4.37. The Kier molecular flexibility index (Phi) is 6.14. The van der Waals surface area contributed by atoms with Crippen LogP contribution in [0.15, 0.2) is 0 Å². The molecule has 14 heavy (non-hydrogen) atoms. The summed E-state index contributed by atoms with van der Waals surface area (Å²) in [7, 11) is -3.62. The second-order valence-electron chi connectivity index (χ2n) is 2.90. The molecule has 0 aliphatic heterocycles. The van der Waals surface area contributed by atoms with Crippen LogP contribution in [-0.2, 0) is 10.0 Å². The minimum Gasteiger partial charge on any atom is -0.316 e. The summed E-state index contributed by atoms with van der Waals surface area (Å²) in [6.07, 6.45) is -2.66. The van der Waals surface area contributed by atoms with Gasteiger partial charge < -0.3 is 5.32 Å². The Bertz CT molecular complexity index is 244. The molecule has 2 N–H and O–H groups in total. The van der Waals surface area contributed by atoms with Gasteiger partial charge >= 0.3 is 0 Å². The van der Waals surface area contributed by atoms with Crippen molar-refractivity contribution in [2.24, 2.45) is 0 Å². The third-order valence-corrected chi connectivity index (χ3v) is 3.45. The van der Waals surface area contributed by atoms with Crippen LogP contribution in [0.3, 0.4) is 0 Å². The minimum absolute atomic E-state index is 0.259. The summed E-state index contributed by atoms with van der Waals surface area (Å²) in [6.45, 7) is 3.39. The molecule has 0 bridgehead atoms. The first kappa shape index (κ1) is 13.7. The quantitative estimate of drug-likeness (QED) is 0.655. The fraction of sp³-hybridized carbons (Fsp3) is 1.00. The molecule has 0 heterocycles. The number of hydrogen-bond donors (Lipinski definition) is 2. The molecule has 0 aromatic rings. The molecule has 0 rings (SSSR count). The zero-order valence-corrected chi connectivity index (χ0v) is 9.07. The van der Waals surface area contributed by atoms with Gasteiger partial charge in [0.25, 0.3) is 6.43 Å². The molecule has 0 fully saturated rings. The molecule has 0 aromatic heterocycles. The molecule has 7 heteroatoms. The van der Waals surface area contributed by atoms with E-state index in [0.717, 1.165) is 0 Å². The molecule has 1 unspecified atom stereocenters. The van der Waals surface area contributed by atoms with E-state index >= 15 is 0 Å². The van der Waals surface area contributed by atoms with E-state index in [1.54, 1.807) is 0 Å². The third-order valence-electron chi connectivity index (χ3n) is 1.65. The Hall–Kier alpha value is -0.270. The standard InChI is InChI=1S/C7H16F2N2O2S/c1-3-10-4-6(2)14(12,13)11-5-7(8)9/h6-7,10-11H,3-5H2,1-2H3. The van der Waals surface area contributed by atoms with E-state index in [-0.39, 0.29) is 6.54 Å². The van der Waals surface area contributed by atoms with Gasteiger partial charge in [-0.3, -0.25) is 0 Å². The van der Waals surface area contributed by atoms with Crippen molar-refractivity contribution in [3.63, 3.8) is 0 Å². The van der Waals surface area contributed by atoms with Crippen LogP contribution in [0.5, 0.6) is 0 Å². The SMILES string of the molecule is CCNCC(C)S(=O)(=O)NCC(F)F. The lowest BCUT2D eigenvalue weighted by atomic mass is 10.5. The second-order valence-corrected chi connectivity index (χ2v) is 5.09. The monoisotopic (exact) mass is 230 g/mol.